The van der Waals surface area contributed by atoms with Crippen LogP contribution in [0.5, 0.6) is 5.75 Å². The maximum atomic E-state index is 12.4. The monoisotopic (exact) mass is 335 g/mol. The van der Waals surface area contributed by atoms with Gasteiger partial charge < -0.3 is 14.2 Å². The number of benzene rings is 1. The van der Waals surface area contributed by atoms with E-state index in [-0.39, 0.29) is 6.09 Å². The summed E-state index contributed by atoms with van der Waals surface area (Å²) in [7, 11) is 1.33. The van der Waals surface area contributed by atoms with Crippen molar-refractivity contribution in [1.82, 2.24) is 4.90 Å². The molecular weight excluding hydrogens is 310 g/mol. The van der Waals surface area contributed by atoms with E-state index in [1.807, 2.05) is 20.8 Å². The minimum absolute atomic E-state index is 0.378. The number of ether oxygens (including phenoxy) is 3. The zero-order valence-corrected chi connectivity index (χ0v) is 14.7. The summed E-state index contributed by atoms with van der Waals surface area (Å²) in [5.74, 6) is 0.103. The molecule has 132 valence electrons. The molecule has 1 atom stereocenters. The van der Waals surface area contributed by atoms with Gasteiger partial charge in [-0.1, -0.05) is 6.07 Å². The molecule has 1 heterocycles. The average molecular weight is 335 g/mol. The van der Waals surface area contributed by atoms with E-state index in [1.54, 1.807) is 29.2 Å². The Morgan fingerprint density at radius 1 is 1.21 bits per heavy atom. The molecule has 1 aromatic carbocycles. The second kappa shape index (κ2) is 7.55. The van der Waals surface area contributed by atoms with Crippen LogP contribution in [0.1, 0.15) is 50.4 Å². The molecule has 0 radical (unpaired) electrons. The van der Waals surface area contributed by atoms with E-state index in [4.69, 9.17) is 14.2 Å². The Hall–Kier alpha value is -2.24. The van der Waals surface area contributed by atoms with Gasteiger partial charge in [-0.15, -0.1) is 0 Å². The van der Waals surface area contributed by atoms with E-state index >= 15 is 0 Å². The van der Waals surface area contributed by atoms with Crippen molar-refractivity contribution in [3.63, 3.8) is 0 Å². The van der Waals surface area contributed by atoms with Crippen molar-refractivity contribution < 1.29 is 23.8 Å². The molecule has 0 aliphatic carbocycles. The number of nitrogens with zero attached hydrogens (tertiary/aromatic N) is 1. The summed E-state index contributed by atoms with van der Waals surface area (Å²) in [5.41, 5.74) is -0.140. The maximum Gasteiger partial charge on any atom is 0.413 e. The lowest BCUT2D eigenvalue weighted by Crippen LogP contribution is -2.48. The second-order valence-electron chi connectivity index (χ2n) is 6.76. The molecule has 0 bridgehead atoms. The lowest BCUT2D eigenvalue weighted by Gasteiger charge is -2.36. The van der Waals surface area contributed by atoms with Gasteiger partial charge in [-0.05, 0) is 51.8 Å². The number of rotatable bonds is 3. The standard InChI is InChI=1S/C18H25NO5/c1-18(2,3)24-17(21)19-11-6-5-10-15(19)23-14-9-7-8-13(12-14)16(20)22-4/h7-9,12,15H,5-6,10-11H2,1-4H3. The van der Waals surface area contributed by atoms with Crippen LogP contribution in [-0.4, -0.2) is 42.4 Å². The molecule has 24 heavy (non-hydrogen) atoms. The number of hydrogen-bond acceptors (Lipinski definition) is 5. The van der Waals surface area contributed by atoms with Crippen LogP contribution in [-0.2, 0) is 9.47 Å². The van der Waals surface area contributed by atoms with Gasteiger partial charge in [0, 0.05) is 13.0 Å². The Morgan fingerprint density at radius 2 is 1.96 bits per heavy atom. The van der Waals surface area contributed by atoms with Crippen LogP contribution in [0.2, 0.25) is 0 Å². The van der Waals surface area contributed by atoms with Crippen molar-refractivity contribution in [3.05, 3.63) is 29.8 Å². The number of amides is 1. The summed E-state index contributed by atoms with van der Waals surface area (Å²) in [6.45, 7) is 6.11. The second-order valence-corrected chi connectivity index (χ2v) is 6.76. The number of methoxy groups -OCH3 is 1. The first kappa shape index (κ1) is 18.1. The topological polar surface area (TPSA) is 65.1 Å². The smallest absolute Gasteiger partial charge is 0.413 e. The lowest BCUT2D eigenvalue weighted by atomic mass is 10.1. The van der Waals surface area contributed by atoms with Gasteiger partial charge in [0.25, 0.3) is 0 Å². The van der Waals surface area contributed by atoms with Gasteiger partial charge in [0.15, 0.2) is 6.23 Å². The molecule has 0 aromatic heterocycles. The van der Waals surface area contributed by atoms with E-state index in [9.17, 15) is 9.59 Å². The highest BCUT2D eigenvalue weighted by molar-refractivity contribution is 5.89. The van der Waals surface area contributed by atoms with Crippen molar-refractivity contribution in [2.75, 3.05) is 13.7 Å². The van der Waals surface area contributed by atoms with Crippen LogP contribution < -0.4 is 4.74 Å². The minimum atomic E-state index is -0.552. The van der Waals surface area contributed by atoms with Gasteiger partial charge in [0.1, 0.15) is 11.4 Å². The van der Waals surface area contributed by atoms with Crippen LogP contribution in [0.25, 0.3) is 0 Å². The summed E-state index contributed by atoms with van der Waals surface area (Å²) in [6.07, 6.45) is 1.83. The number of likely N-dealkylation sites (tertiary alicyclic amines) is 1. The number of piperidine rings is 1. The number of carbonyl (C=O) groups excluding carboxylic acids is 2. The fraction of sp³-hybridized carbons (Fsp3) is 0.556. The fourth-order valence-electron chi connectivity index (χ4n) is 2.52. The highest BCUT2D eigenvalue weighted by Crippen LogP contribution is 2.24. The van der Waals surface area contributed by atoms with Crippen LogP contribution in [0.15, 0.2) is 24.3 Å². The third kappa shape index (κ3) is 4.88. The van der Waals surface area contributed by atoms with Crippen molar-refractivity contribution in [1.29, 1.82) is 0 Å². The summed E-state index contributed by atoms with van der Waals surface area (Å²) in [5, 5.41) is 0. The normalized spacial score (nSPS) is 18.0. The molecule has 1 saturated heterocycles. The maximum absolute atomic E-state index is 12.4. The predicted octanol–water partition coefficient (Wildman–Crippen LogP) is 3.60. The quantitative estimate of drug-likeness (QED) is 0.790. The van der Waals surface area contributed by atoms with Crippen molar-refractivity contribution in [3.8, 4) is 5.75 Å². The number of hydrogen-bond donors (Lipinski definition) is 0. The van der Waals surface area contributed by atoms with Crippen LogP contribution >= 0.6 is 0 Å². The van der Waals surface area contributed by atoms with Gasteiger partial charge in [0.05, 0.1) is 12.7 Å². The van der Waals surface area contributed by atoms with Gasteiger partial charge >= 0.3 is 12.1 Å². The molecule has 6 heteroatoms. The van der Waals surface area contributed by atoms with Crippen LogP contribution in [0.4, 0.5) is 4.79 Å². The van der Waals surface area contributed by atoms with E-state index in [2.05, 4.69) is 0 Å². The number of esters is 1. The molecule has 0 saturated carbocycles. The molecule has 0 N–H and O–H groups in total. The van der Waals surface area contributed by atoms with Gasteiger partial charge in [-0.2, -0.15) is 0 Å². The summed E-state index contributed by atoms with van der Waals surface area (Å²) in [6, 6.07) is 6.76. The predicted molar refractivity (Wildman–Crippen MR) is 89.0 cm³/mol. The summed E-state index contributed by atoms with van der Waals surface area (Å²) >= 11 is 0. The zero-order chi connectivity index (χ0) is 17.7. The molecular formula is C18H25NO5. The first-order valence-corrected chi connectivity index (χ1v) is 8.15. The third-order valence-corrected chi connectivity index (χ3v) is 3.60. The highest BCUT2D eigenvalue weighted by Gasteiger charge is 2.31. The lowest BCUT2D eigenvalue weighted by molar-refractivity contribution is -0.0342. The molecule has 0 spiro atoms. The molecule has 6 nitrogen and oxygen atoms in total. The number of carbonyl (C=O) groups is 2. The van der Waals surface area contributed by atoms with Gasteiger partial charge in [0.2, 0.25) is 0 Å². The Morgan fingerprint density at radius 3 is 2.62 bits per heavy atom. The van der Waals surface area contributed by atoms with Crippen LogP contribution in [0.3, 0.4) is 0 Å². The summed E-state index contributed by atoms with van der Waals surface area (Å²) < 4.78 is 16.1. The zero-order valence-electron chi connectivity index (χ0n) is 14.7. The van der Waals surface area contributed by atoms with Crippen LogP contribution in [0, 0.1) is 0 Å². The van der Waals surface area contributed by atoms with E-state index in [0.29, 0.717) is 17.9 Å². The molecule has 1 amide bonds. The van der Waals surface area contributed by atoms with E-state index in [1.165, 1.54) is 7.11 Å². The minimum Gasteiger partial charge on any atom is -0.470 e. The van der Waals surface area contributed by atoms with Crippen molar-refractivity contribution >= 4 is 12.1 Å². The Balaban J connectivity index is 2.11. The molecule has 1 aliphatic heterocycles. The van der Waals surface area contributed by atoms with Crippen molar-refractivity contribution in [2.24, 2.45) is 0 Å². The molecule has 1 fully saturated rings. The molecule has 1 aromatic rings. The molecule has 1 unspecified atom stereocenters. The average Bonchev–Trinajstić information content (AvgIpc) is 2.53. The fourth-order valence-corrected chi connectivity index (χ4v) is 2.52. The molecule has 2 rings (SSSR count). The SMILES string of the molecule is COC(=O)c1cccc(OC2CCCCN2C(=O)OC(C)(C)C)c1. The highest BCUT2D eigenvalue weighted by atomic mass is 16.6. The summed E-state index contributed by atoms with van der Waals surface area (Å²) in [4.78, 5) is 25.6. The molecule has 1 aliphatic rings. The largest absolute Gasteiger partial charge is 0.470 e. The van der Waals surface area contributed by atoms with Gasteiger partial charge in [-0.3, -0.25) is 4.90 Å². The van der Waals surface area contributed by atoms with Gasteiger partial charge in [-0.25, -0.2) is 9.59 Å². The van der Waals surface area contributed by atoms with Crippen molar-refractivity contribution in [2.45, 2.75) is 51.9 Å². The Kier molecular flexibility index (Phi) is 5.70. The first-order chi connectivity index (χ1) is 11.3. The first-order valence-electron chi connectivity index (χ1n) is 8.15. The Labute approximate surface area is 142 Å². The third-order valence-electron chi connectivity index (χ3n) is 3.60. The Bertz CT molecular complexity index is 593. The van der Waals surface area contributed by atoms with E-state index in [0.717, 1.165) is 19.3 Å². The van der Waals surface area contributed by atoms with E-state index < -0.39 is 17.8 Å².